The van der Waals surface area contributed by atoms with Gasteiger partial charge in [-0.05, 0) is 48.1 Å². The monoisotopic (exact) mass is 342 g/mol. The van der Waals surface area contributed by atoms with Crippen molar-refractivity contribution in [3.8, 4) is 17.3 Å². The molecule has 2 aromatic carbocycles. The molecule has 1 heterocycles. The van der Waals surface area contributed by atoms with Gasteiger partial charge in [0, 0.05) is 22.4 Å². The minimum absolute atomic E-state index is 0.0106. The summed E-state index contributed by atoms with van der Waals surface area (Å²) in [5.41, 5.74) is 2.83. The molecule has 0 amide bonds. The molecule has 0 spiro atoms. The van der Waals surface area contributed by atoms with E-state index < -0.39 is 11.6 Å². The van der Waals surface area contributed by atoms with E-state index in [1.165, 1.54) is 6.07 Å². The van der Waals surface area contributed by atoms with E-state index in [0.717, 1.165) is 22.9 Å². The van der Waals surface area contributed by atoms with Gasteiger partial charge in [-0.15, -0.1) is 0 Å². The van der Waals surface area contributed by atoms with Gasteiger partial charge in [-0.1, -0.05) is 23.7 Å². The normalized spacial score (nSPS) is 19.9. The van der Waals surface area contributed by atoms with Crippen molar-refractivity contribution in [2.24, 2.45) is 5.92 Å². The molecule has 1 saturated carbocycles. The number of nitrogens with zero attached hydrogens (tertiary/aromatic N) is 1. The van der Waals surface area contributed by atoms with E-state index in [0.29, 0.717) is 28.8 Å². The van der Waals surface area contributed by atoms with Crippen molar-refractivity contribution < 1.29 is 8.78 Å². The van der Waals surface area contributed by atoms with Crippen molar-refractivity contribution in [1.82, 2.24) is 4.98 Å². The zero-order chi connectivity index (χ0) is 16.8. The minimum Gasteiger partial charge on any atom is -0.352 e. The third-order valence-corrected chi connectivity index (χ3v) is 4.98. The molecule has 1 aliphatic rings. The molecule has 0 atom stereocenters. The van der Waals surface area contributed by atoms with Gasteiger partial charge in [-0.3, -0.25) is 0 Å². The number of hydrogen-bond acceptors (Lipinski definition) is 1. The average molecular weight is 343 g/mol. The standard InChI is InChI=1S/C19H13ClF2N2/c20-13-3-1-11(2-4-13)18-17(12-5-10(6-12)9-23)15-7-14(21)8-16(22)19(15)24-18/h1-4,7-8,10,12,24H,5-6H2/t10-,12-. The quantitative estimate of drug-likeness (QED) is 0.629. The molecule has 0 unspecified atom stereocenters. The highest BCUT2D eigenvalue weighted by atomic mass is 35.5. The van der Waals surface area contributed by atoms with E-state index >= 15 is 0 Å². The molecule has 3 aromatic rings. The number of fused-ring (bicyclic) bond motifs is 1. The highest BCUT2D eigenvalue weighted by Crippen LogP contribution is 2.48. The molecule has 0 radical (unpaired) electrons. The summed E-state index contributed by atoms with van der Waals surface area (Å²) >= 11 is 5.95. The molecular formula is C19H13ClF2N2. The summed E-state index contributed by atoms with van der Waals surface area (Å²) in [5.74, 6) is -1.08. The van der Waals surface area contributed by atoms with Crippen molar-refractivity contribution in [3.63, 3.8) is 0 Å². The molecule has 1 fully saturated rings. The molecule has 1 N–H and O–H groups in total. The molecule has 2 nitrogen and oxygen atoms in total. The van der Waals surface area contributed by atoms with Crippen molar-refractivity contribution in [2.75, 3.05) is 0 Å². The smallest absolute Gasteiger partial charge is 0.150 e. The number of hydrogen-bond donors (Lipinski definition) is 1. The number of H-pyrrole nitrogens is 1. The lowest BCUT2D eigenvalue weighted by atomic mass is 9.71. The van der Waals surface area contributed by atoms with Crippen molar-refractivity contribution >= 4 is 22.5 Å². The Hall–Kier alpha value is -2.38. The lowest BCUT2D eigenvalue weighted by Gasteiger charge is -2.31. The zero-order valence-electron chi connectivity index (χ0n) is 12.6. The van der Waals surface area contributed by atoms with Gasteiger partial charge >= 0.3 is 0 Å². The Morgan fingerprint density at radius 1 is 1.12 bits per heavy atom. The van der Waals surface area contributed by atoms with Crippen LogP contribution >= 0.6 is 11.6 Å². The van der Waals surface area contributed by atoms with E-state index in [2.05, 4.69) is 11.1 Å². The van der Waals surface area contributed by atoms with Crippen LogP contribution in [-0.2, 0) is 0 Å². The molecule has 5 heteroatoms. The second kappa shape index (κ2) is 5.61. The van der Waals surface area contributed by atoms with Crippen LogP contribution in [0.1, 0.15) is 24.3 Å². The molecule has 4 rings (SSSR count). The SMILES string of the molecule is N#C[C@H]1C[C@H](c2c(-c3ccc(Cl)cc3)[nH]c3c(F)cc(F)cc32)C1. The third-order valence-electron chi connectivity index (χ3n) is 4.73. The number of nitriles is 1. The number of aromatic amines is 1. The van der Waals surface area contributed by atoms with Crippen LogP contribution in [0.5, 0.6) is 0 Å². The van der Waals surface area contributed by atoms with Crippen molar-refractivity contribution in [1.29, 1.82) is 5.26 Å². The van der Waals surface area contributed by atoms with Gasteiger partial charge in [-0.25, -0.2) is 8.78 Å². The lowest BCUT2D eigenvalue weighted by molar-refractivity contribution is 0.334. The van der Waals surface area contributed by atoms with Gasteiger partial charge in [0.1, 0.15) is 11.6 Å². The van der Waals surface area contributed by atoms with Crippen LogP contribution in [0.2, 0.25) is 5.02 Å². The predicted molar refractivity (Wildman–Crippen MR) is 89.7 cm³/mol. The van der Waals surface area contributed by atoms with Crippen molar-refractivity contribution in [3.05, 3.63) is 58.6 Å². The molecule has 24 heavy (non-hydrogen) atoms. The highest BCUT2D eigenvalue weighted by Gasteiger charge is 2.34. The Kier molecular flexibility index (Phi) is 3.54. The van der Waals surface area contributed by atoms with Crippen LogP contribution in [-0.4, -0.2) is 4.98 Å². The molecule has 1 aliphatic carbocycles. The van der Waals surface area contributed by atoms with Gasteiger partial charge in [0.2, 0.25) is 0 Å². The van der Waals surface area contributed by atoms with Crippen LogP contribution in [0.15, 0.2) is 36.4 Å². The predicted octanol–water partition coefficient (Wildman–Crippen LogP) is 5.78. The Bertz CT molecular complexity index is 964. The van der Waals surface area contributed by atoms with Gasteiger partial charge in [-0.2, -0.15) is 5.26 Å². The van der Waals surface area contributed by atoms with Crippen LogP contribution in [0.25, 0.3) is 22.2 Å². The molecule has 0 bridgehead atoms. The molecule has 120 valence electrons. The van der Waals surface area contributed by atoms with Crippen LogP contribution in [0, 0.1) is 28.9 Å². The van der Waals surface area contributed by atoms with E-state index in [9.17, 15) is 8.78 Å². The Morgan fingerprint density at radius 2 is 1.83 bits per heavy atom. The van der Waals surface area contributed by atoms with E-state index in [1.54, 1.807) is 12.1 Å². The molecule has 0 aliphatic heterocycles. The summed E-state index contributed by atoms with van der Waals surface area (Å²) in [6, 6.07) is 11.7. The maximum absolute atomic E-state index is 14.2. The summed E-state index contributed by atoms with van der Waals surface area (Å²) in [6.07, 6.45) is 1.42. The summed E-state index contributed by atoms with van der Waals surface area (Å²) < 4.78 is 28.0. The number of nitrogens with one attached hydrogen (secondary N) is 1. The maximum Gasteiger partial charge on any atom is 0.150 e. The first-order chi connectivity index (χ1) is 11.6. The lowest BCUT2D eigenvalue weighted by Crippen LogP contribution is -2.20. The van der Waals surface area contributed by atoms with Crippen LogP contribution < -0.4 is 0 Å². The first-order valence-electron chi connectivity index (χ1n) is 7.73. The Balaban J connectivity index is 1.93. The van der Waals surface area contributed by atoms with Gasteiger partial charge < -0.3 is 4.98 Å². The Morgan fingerprint density at radius 3 is 2.50 bits per heavy atom. The number of aromatic nitrogens is 1. The molecule has 1 aromatic heterocycles. The maximum atomic E-state index is 14.2. The largest absolute Gasteiger partial charge is 0.352 e. The zero-order valence-corrected chi connectivity index (χ0v) is 13.4. The topological polar surface area (TPSA) is 39.6 Å². The first-order valence-corrected chi connectivity index (χ1v) is 8.10. The molecule has 0 saturated heterocycles. The minimum atomic E-state index is -0.609. The van der Waals surface area contributed by atoms with Crippen LogP contribution in [0.3, 0.4) is 0 Å². The fraction of sp³-hybridized carbons (Fsp3) is 0.211. The number of halogens is 3. The summed E-state index contributed by atoms with van der Waals surface area (Å²) in [5, 5.41) is 10.2. The number of rotatable bonds is 2. The van der Waals surface area contributed by atoms with Crippen LogP contribution in [0.4, 0.5) is 8.78 Å². The fourth-order valence-electron chi connectivity index (χ4n) is 3.47. The second-order valence-electron chi connectivity index (χ2n) is 6.23. The second-order valence-corrected chi connectivity index (χ2v) is 6.66. The average Bonchev–Trinajstić information content (AvgIpc) is 2.87. The van der Waals surface area contributed by atoms with Gasteiger partial charge in [0.25, 0.3) is 0 Å². The van der Waals surface area contributed by atoms with Crippen molar-refractivity contribution in [2.45, 2.75) is 18.8 Å². The summed E-state index contributed by atoms with van der Waals surface area (Å²) in [6.45, 7) is 0. The molecular weight excluding hydrogens is 330 g/mol. The highest BCUT2D eigenvalue weighted by molar-refractivity contribution is 6.30. The van der Waals surface area contributed by atoms with E-state index in [4.69, 9.17) is 16.9 Å². The fourth-order valence-corrected chi connectivity index (χ4v) is 3.59. The summed E-state index contributed by atoms with van der Waals surface area (Å²) in [4.78, 5) is 3.11. The first kappa shape index (κ1) is 15.2. The van der Waals surface area contributed by atoms with E-state index in [1.807, 2.05) is 12.1 Å². The third kappa shape index (κ3) is 2.37. The number of benzene rings is 2. The van der Waals surface area contributed by atoms with Gasteiger partial charge in [0.15, 0.2) is 0 Å². The Labute approximate surface area is 142 Å². The summed E-state index contributed by atoms with van der Waals surface area (Å²) in [7, 11) is 0. The van der Waals surface area contributed by atoms with E-state index in [-0.39, 0.29) is 11.8 Å². The van der Waals surface area contributed by atoms with Gasteiger partial charge in [0.05, 0.1) is 17.3 Å².